The van der Waals surface area contributed by atoms with Crippen molar-refractivity contribution in [3.8, 4) is 6.07 Å². The van der Waals surface area contributed by atoms with Gasteiger partial charge in [-0.1, -0.05) is 12.1 Å². The number of nitrogens with one attached hydrogen (secondary N) is 1. The summed E-state index contributed by atoms with van der Waals surface area (Å²) >= 11 is 1.48. The Bertz CT molecular complexity index is 381. The van der Waals surface area contributed by atoms with Crippen molar-refractivity contribution in [1.82, 2.24) is 4.83 Å². The third-order valence-electron chi connectivity index (χ3n) is 1.71. The van der Waals surface area contributed by atoms with Gasteiger partial charge in [-0.15, -0.1) is 0 Å². The second-order valence-corrected chi connectivity index (χ2v) is 3.18. The van der Waals surface area contributed by atoms with Crippen LogP contribution in [0.15, 0.2) is 35.9 Å². The maximum Gasteiger partial charge on any atom is 0.101 e. The van der Waals surface area contributed by atoms with Gasteiger partial charge in [-0.3, -0.25) is 5.01 Å². The van der Waals surface area contributed by atoms with Crippen LogP contribution in [-0.2, 0) is 0 Å². The highest BCUT2D eigenvalue weighted by molar-refractivity contribution is 8.00. The number of hydrogen-bond acceptors (Lipinski definition) is 4. The quantitative estimate of drug-likeness (QED) is 0.686. The fraction of sp³-hybridized carbons (Fsp3) is 0. The highest BCUT2D eigenvalue weighted by atomic mass is 32.2. The highest BCUT2D eigenvalue weighted by Gasteiger charge is 2.10. The molecular weight excluding hydrogens is 182 g/mol. The van der Waals surface area contributed by atoms with Crippen molar-refractivity contribution in [2.75, 3.05) is 5.01 Å². The first-order valence-corrected chi connectivity index (χ1v) is 4.66. The summed E-state index contributed by atoms with van der Waals surface area (Å²) in [6.45, 7) is 0. The lowest BCUT2D eigenvalue weighted by atomic mass is 10.2. The van der Waals surface area contributed by atoms with Crippen molar-refractivity contribution >= 4 is 17.6 Å². The second-order valence-electron chi connectivity index (χ2n) is 2.49. The monoisotopic (exact) mass is 189 g/mol. The van der Waals surface area contributed by atoms with E-state index in [0.29, 0.717) is 5.56 Å². The molecule has 3 nitrogen and oxygen atoms in total. The summed E-state index contributed by atoms with van der Waals surface area (Å²) in [4.78, 5) is 3.04. The average Bonchev–Trinajstić information content (AvgIpc) is 2.70. The van der Waals surface area contributed by atoms with Crippen molar-refractivity contribution in [1.29, 1.82) is 5.26 Å². The van der Waals surface area contributed by atoms with Gasteiger partial charge >= 0.3 is 0 Å². The number of hydrogen-bond donors (Lipinski definition) is 1. The van der Waals surface area contributed by atoms with E-state index in [9.17, 15) is 0 Å². The largest absolute Gasteiger partial charge is 0.272 e. The zero-order chi connectivity index (χ0) is 9.10. The number of anilines is 1. The Kier molecular flexibility index (Phi) is 2.21. The Morgan fingerprint density at radius 1 is 1.38 bits per heavy atom. The molecular formula is C9H7N3S. The van der Waals surface area contributed by atoms with Gasteiger partial charge in [0.2, 0.25) is 0 Å². The van der Waals surface area contributed by atoms with E-state index in [2.05, 4.69) is 10.9 Å². The maximum absolute atomic E-state index is 8.84. The van der Waals surface area contributed by atoms with Crippen LogP contribution in [0.5, 0.6) is 0 Å². The van der Waals surface area contributed by atoms with Crippen molar-refractivity contribution < 1.29 is 0 Å². The molecule has 1 aliphatic rings. The Labute approximate surface area is 80.8 Å². The lowest BCUT2D eigenvalue weighted by Gasteiger charge is -2.15. The van der Waals surface area contributed by atoms with Crippen molar-refractivity contribution in [2.45, 2.75) is 0 Å². The molecule has 1 aliphatic heterocycles. The topological polar surface area (TPSA) is 39.1 Å². The lowest BCUT2D eigenvalue weighted by molar-refractivity contribution is 1.00. The summed E-state index contributed by atoms with van der Waals surface area (Å²) in [6.07, 6.45) is 1.89. The van der Waals surface area contributed by atoms with Gasteiger partial charge in [-0.05, 0) is 24.1 Å². The van der Waals surface area contributed by atoms with E-state index < -0.39 is 0 Å². The Balaban J connectivity index is 2.39. The molecule has 2 rings (SSSR count). The highest BCUT2D eigenvalue weighted by Crippen LogP contribution is 2.22. The first kappa shape index (κ1) is 8.17. The normalized spacial score (nSPS) is 14.5. The van der Waals surface area contributed by atoms with Crippen LogP contribution >= 0.6 is 11.9 Å². The number of benzene rings is 1. The zero-order valence-corrected chi connectivity index (χ0v) is 7.58. The molecule has 64 valence electrons. The number of nitrogens with zero attached hydrogens (tertiary/aromatic N) is 2. The molecule has 0 aromatic heterocycles. The summed E-state index contributed by atoms with van der Waals surface area (Å²) in [5.74, 6) is 0. The van der Waals surface area contributed by atoms with E-state index in [4.69, 9.17) is 5.26 Å². The number of para-hydroxylation sites is 1. The van der Waals surface area contributed by atoms with Crippen LogP contribution in [-0.4, -0.2) is 0 Å². The van der Waals surface area contributed by atoms with E-state index in [1.165, 1.54) is 11.9 Å². The van der Waals surface area contributed by atoms with Gasteiger partial charge in [-0.2, -0.15) is 10.1 Å². The molecule has 1 heterocycles. The molecule has 4 heteroatoms. The molecule has 0 spiro atoms. The molecule has 0 bridgehead atoms. The molecule has 0 aliphatic carbocycles. The van der Waals surface area contributed by atoms with Gasteiger partial charge in [0.05, 0.1) is 11.3 Å². The molecule has 0 unspecified atom stereocenters. The SMILES string of the molecule is N#Cc1ccccc1N1C=CSN1. The van der Waals surface area contributed by atoms with Gasteiger partial charge < -0.3 is 0 Å². The summed E-state index contributed by atoms with van der Waals surface area (Å²) in [5, 5.41) is 12.6. The zero-order valence-electron chi connectivity index (χ0n) is 6.77. The average molecular weight is 189 g/mol. The van der Waals surface area contributed by atoms with Crippen LogP contribution in [0.1, 0.15) is 5.56 Å². The Morgan fingerprint density at radius 2 is 2.23 bits per heavy atom. The fourth-order valence-electron chi connectivity index (χ4n) is 1.12. The molecule has 1 aromatic rings. The van der Waals surface area contributed by atoms with Gasteiger partial charge in [0.25, 0.3) is 0 Å². The van der Waals surface area contributed by atoms with Crippen LogP contribution in [0.2, 0.25) is 0 Å². The number of hydrazine groups is 1. The molecule has 0 amide bonds. The van der Waals surface area contributed by atoms with E-state index >= 15 is 0 Å². The van der Waals surface area contributed by atoms with Crippen LogP contribution in [0, 0.1) is 11.3 Å². The van der Waals surface area contributed by atoms with Crippen molar-refractivity contribution in [3.05, 3.63) is 41.4 Å². The lowest BCUT2D eigenvalue weighted by Crippen LogP contribution is -2.23. The molecule has 1 aromatic carbocycles. The molecule has 0 saturated carbocycles. The minimum Gasteiger partial charge on any atom is -0.272 e. The van der Waals surface area contributed by atoms with Crippen molar-refractivity contribution in [2.24, 2.45) is 0 Å². The first-order chi connectivity index (χ1) is 6.42. The fourth-order valence-corrected chi connectivity index (χ4v) is 1.63. The van der Waals surface area contributed by atoms with Crippen LogP contribution in [0.25, 0.3) is 0 Å². The van der Waals surface area contributed by atoms with Crippen LogP contribution in [0.4, 0.5) is 5.69 Å². The van der Waals surface area contributed by atoms with E-state index in [-0.39, 0.29) is 0 Å². The summed E-state index contributed by atoms with van der Waals surface area (Å²) < 4.78 is 0. The molecule has 0 atom stereocenters. The minimum atomic E-state index is 0.669. The Morgan fingerprint density at radius 3 is 2.92 bits per heavy atom. The molecule has 13 heavy (non-hydrogen) atoms. The van der Waals surface area contributed by atoms with Crippen LogP contribution in [0.3, 0.4) is 0 Å². The molecule has 0 fully saturated rings. The van der Waals surface area contributed by atoms with Crippen LogP contribution < -0.4 is 9.84 Å². The third-order valence-corrected chi connectivity index (χ3v) is 2.27. The number of nitriles is 1. The summed E-state index contributed by atoms with van der Waals surface area (Å²) in [5.41, 5.74) is 1.55. The Hall–Kier alpha value is -1.44. The first-order valence-electron chi connectivity index (χ1n) is 3.78. The predicted octanol–water partition coefficient (Wildman–Crippen LogP) is 2.00. The van der Waals surface area contributed by atoms with Gasteiger partial charge in [0.1, 0.15) is 6.07 Å². The molecule has 1 N–H and O–H groups in total. The summed E-state index contributed by atoms with van der Waals surface area (Å²) in [6, 6.07) is 9.62. The predicted molar refractivity (Wildman–Crippen MR) is 53.5 cm³/mol. The smallest absolute Gasteiger partial charge is 0.101 e. The van der Waals surface area contributed by atoms with E-state index in [1.54, 1.807) is 6.07 Å². The molecule has 0 radical (unpaired) electrons. The number of rotatable bonds is 1. The third kappa shape index (κ3) is 1.52. The molecule has 0 saturated heterocycles. The van der Waals surface area contributed by atoms with Gasteiger partial charge in [-0.25, -0.2) is 0 Å². The van der Waals surface area contributed by atoms with Gasteiger partial charge in [0, 0.05) is 11.6 Å². The standard InChI is InChI=1S/C9H7N3S/c10-7-8-3-1-2-4-9(8)12-5-6-13-11-12/h1-6,11H. The minimum absolute atomic E-state index is 0.669. The van der Waals surface area contributed by atoms with Crippen molar-refractivity contribution in [3.63, 3.8) is 0 Å². The maximum atomic E-state index is 8.84. The van der Waals surface area contributed by atoms with Gasteiger partial charge in [0.15, 0.2) is 0 Å². The second kappa shape index (κ2) is 3.52. The summed E-state index contributed by atoms with van der Waals surface area (Å²) in [7, 11) is 0. The van der Waals surface area contributed by atoms with E-state index in [1.807, 2.05) is 34.8 Å². The van der Waals surface area contributed by atoms with E-state index in [0.717, 1.165) is 5.69 Å².